The van der Waals surface area contributed by atoms with Gasteiger partial charge < -0.3 is 10.1 Å². The lowest BCUT2D eigenvalue weighted by atomic mass is 10.1. The molecule has 5 nitrogen and oxygen atoms in total. The summed E-state index contributed by atoms with van der Waals surface area (Å²) in [5.74, 6) is 0.472. The van der Waals surface area contributed by atoms with Crippen LogP contribution in [0.2, 0.25) is 0 Å². The molecule has 4 aromatic rings. The Bertz CT molecular complexity index is 1260. The van der Waals surface area contributed by atoms with Gasteiger partial charge in [0.25, 0.3) is 5.91 Å². The predicted octanol–water partition coefficient (Wildman–Crippen LogP) is 6.51. The molecule has 0 saturated carbocycles. The van der Waals surface area contributed by atoms with Gasteiger partial charge in [0.1, 0.15) is 12.4 Å². The first-order valence-electron chi connectivity index (χ1n) is 10.3. The first-order valence-corrected chi connectivity index (χ1v) is 11.9. The Morgan fingerprint density at radius 3 is 2.39 bits per heavy atom. The fourth-order valence-electron chi connectivity index (χ4n) is 3.32. The fourth-order valence-corrected chi connectivity index (χ4v) is 4.77. The first kappa shape index (κ1) is 23.0. The highest BCUT2D eigenvalue weighted by Gasteiger charge is 2.10. The SMILES string of the molecule is O=C(CNc1ccccc1)N/N=C\c1cc(Br)c(OCc2cccc3ccccc23)c(Br)c1. The number of fused-ring (bicyclic) bond motifs is 1. The Labute approximate surface area is 209 Å². The zero-order chi connectivity index (χ0) is 23.0. The van der Waals surface area contributed by atoms with Crippen LogP contribution in [-0.2, 0) is 11.4 Å². The maximum Gasteiger partial charge on any atom is 0.259 e. The van der Waals surface area contributed by atoms with E-state index < -0.39 is 0 Å². The summed E-state index contributed by atoms with van der Waals surface area (Å²) in [5.41, 5.74) is 5.33. The number of hydrogen-bond donors (Lipinski definition) is 2. The van der Waals surface area contributed by atoms with Crippen molar-refractivity contribution in [3.8, 4) is 5.75 Å². The Kier molecular flexibility index (Phi) is 7.75. The summed E-state index contributed by atoms with van der Waals surface area (Å²) in [6.07, 6.45) is 1.59. The molecule has 4 rings (SSSR count). The van der Waals surface area contributed by atoms with Gasteiger partial charge >= 0.3 is 0 Å². The molecule has 166 valence electrons. The minimum Gasteiger partial charge on any atom is -0.487 e. The van der Waals surface area contributed by atoms with Crippen LogP contribution in [0, 0.1) is 0 Å². The van der Waals surface area contributed by atoms with Crippen molar-refractivity contribution in [1.82, 2.24) is 5.43 Å². The molecule has 0 radical (unpaired) electrons. The van der Waals surface area contributed by atoms with E-state index in [1.165, 1.54) is 10.8 Å². The summed E-state index contributed by atoms with van der Waals surface area (Å²) < 4.78 is 7.69. The van der Waals surface area contributed by atoms with Crippen molar-refractivity contribution in [1.29, 1.82) is 0 Å². The highest BCUT2D eigenvalue weighted by atomic mass is 79.9. The second kappa shape index (κ2) is 11.1. The molecule has 0 atom stereocenters. The Morgan fingerprint density at radius 1 is 0.909 bits per heavy atom. The number of carbonyl (C=O) groups excluding carboxylic acids is 1. The van der Waals surface area contributed by atoms with Crippen molar-refractivity contribution in [3.05, 3.63) is 105 Å². The molecule has 4 aromatic carbocycles. The monoisotopic (exact) mass is 565 g/mol. The smallest absolute Gasteiger partial charge is 0.259 e. The van der Waals surface area contributed by atoms with Crippen molar-refractivity contribution in [3.63, 3.8) is 0 Å². The van der Waals surface area contributed by atoms with Gasteiger partial charge in [-0.25, -0.2) is 5.43 Å². The Morgan fingerprint density at radius 2 is 1.61 bits per heavy atom. The average Bonchev–Trinajstić information content (AvgIpc) is 2.83. The molecule has 33 heavy (non-hydrogen) atoms. The number of anilines is 1. The molecular formula is C26H21Br2N3O2. The van der Waals surface area contributed by atoms with Gasteiger partial charge in [-0.3, -0.25) is 4.79 Å². The Hall–Kier alpha value is -3.16. The van der Waals surface area contributed by atoms with Crippen LogP contribution in [0.5, 0.6) is 5.75 Å². The van der Waals surface area contributed by atoms with Gasteiger partial charge in [-0.05, 0) is 78.0 Å². The highest BCUT2D eigenvalue weighted by Crippen LogP contribution is 2.35. The number of ether oxygens (including phenoxy) is 1. The normalized spacial score (nSPS) is 11.0. The third-order valence-corrected chi connectivity index (χ3v) is 6.08. The van der Waals surface area contributed by atoms with E-state index in [4.69, 9.17) is 4.74 Å². The van der Waals surface area contributed by atoms with Gasteiger partial charge in [0, 0.05) is 5.69 Å². The molecule has 7 heteroatoms. The quantitative estimate of drug-likeness (QED) is 0.189. The number of benzene rings is 4. The van der Waals surface area contributed by atoms with Crippen molar-refractivity contribution in [2.75, 3.05) is 11.9 Å². The average molecular weight is 567 g/mol. The predicted molar refractivity (Wildman–Crippen MR) is 141 cm³/mol. The third-order valence-electron chi connectivity index (χ3n) is 4.90. The molecule has 0 saturated heterocycles. The molecule has 0 aliphatic rings. The molecule has 0 aromatic heterocycles. The fraction of sp³-hybridized carbons (Fsp3) is 0.0769. The Balaban J connectivity index is 1.36. The third kappa shape index (κ3) is 6.21. The van der Waals surface area contributed by atoms with Gasteiger partial charge in [0.2, 0.25) is 0 Å². The standard InChI is InChI=1S/C26H21Br2N3O2/c27-23-13-18(15-30-31-25(32)16-29-21-10-2-1-3-11-21)14-24(28)26(23)33-17-20-9-6-8-19-7-4-5-12-22(19)20/h1-15,29H,16-17H2,(H,31,32)/b30-15-. The summed E-state index contributed by atoms with van der Waals surface area (Å²) in [4.78, 5) is 12.0. The molecule has 2 N–H and O–H groups in total. The number of halogens is 2. The number of hydrazone groups is 1. The minimum absolute atomic E-state index is 0.135. The van der Waals surface area contributed by atoms with Crippen LogP contribution in [0.15, 0.2) is 99.0 Å². The lowest BCUT2D eigenvalue weighted by Crippen LogP contribution is -2.25. The molecule has 0 aliphatic heterocycles. The lowest BCUT2D eigenvalue weighted by molar-refractivity contribution is -0.119. The molecule has 0 heterocycles. The molecule has 0 unspecified atom stereocenters. The maximum absolute atomic E-state index is 12.0. The van der Waals surface area contributed by atoms with Crippen molar-refractivity contribution in [2.24, 2.45) is 5.10 Å². The summed E-state index contributed by atoms with van der Waals surface area (Å²) in [5, 5.41) is 9.45. The van der Waals surface area contributed by atoms with Gasteiger partial charge in [0.15, 0.2) is 0 Å². The second-order valence-corrected chi connectivity index (χ2v) is 8.96. The van der Waals surface area contributed by atoms with Crippen LogP contribution < -0.4 is 15.5 Å². The van der Waals surface area contributed by atoms with Crippen LogP contribution in [0.1, 0.15) is 11.1 Å². The van der Waals surface area contributed by atoms with Gasteiger partial charge in [0.05, 0.1) is 21.7 Å². The van der Waals surface area contributed by atoms with E-state index in [9.17, 15) is 4.79 Å². The van der Waals surface area contributed by atoms with Crippen LogP contribution >= 0.6 is 31.9 Å². The first-order chi connectivity index (χ1) is 16.1. The van der Waals surface area contributed by atoms with Crippen LogP contribution in [-0.4, -0.2) is 18.7 Å². The number of hydrogen-bond acceptors (Lipinski definition) is 4. The number of amides is 1. The molecule has 0 aliphatic carbocycles. The van der Waals surface area contributed by atoms with Crippen molar-refractivity contribution in [2.45, 2.75) is 6.61 Å². The van der Waals surface area contributed by atoms with Crippen LogP contribution in [0.25, 0.3) is 10.8 Å². The summed E-state index contributed by atoms with van der Waals surface area (Å²) in [6.45, 7) is 0.576. The van der Waals surface area contributed by atoms with Crippen LogP contribution in [0.3, 0.4) is 0 Å². The van der Waals surface area contributed by atoms with Gasteiger partial charge in [-0.15, -0.1) is 0 Å². The molecule has 0 spiro atoms. The molecule has 1 amide bonds. The largest absolute Gasteiger partial charge is 0.487 e. The number of rotatable bonds is 8. The molecule has 0 bridgehead atoms. The zero-order valence-electron chi connectivity index (χ0n) is 17.6. The second-order valence-electron chi connectivity index (χ2n) is 7.25. The van der Waals surface area contributed by atoms with E-state index in [2.05, 4.69) is 72.0 Å². The number of nitrogens with zero attached hydrogens (tertiary/aromatic N) is 1. The van der Waals surface area contributed by atoms with E-state index in [0.717, 1.165) is 25.8 Å². The summed E-state index contributed by atoms with van der Waals surface area (Å²) >= 11 is 7.16. The van der Waals surface area contributed by atoms with Gasteiger partial charge in [-0.2, -0.15) is 5.10 Å². The number of carbonyl (C=O) groups is 1. The van der Waals surface area contributed by atoms with E-state index in [-0.39, 0.29) is 12.5 Å². The number of nitrogens with one attached hydrogen (secondary N) is 2. The van der Waals surface area contributed by atoms with Gasteiger partial charge in [-0.1, -0.05) is 60.7 Å². The number of para-hydroxylation sites is 1. The van der Waals surface area contributed by atoms with Crippen molar-refractivity contribution < 1.29 is 9.53 Å². The van der Waals surface area contributed by atoms with E-state index in [1.807, 2.05) is 60.7 Å². The summed E-state index contributed by atoms with van der Waals surface area (Å²) in [7, 11) is 0. The molecule has 0 fully saturated rings. The van der Waals surface area contributed by atoms with Crippen LogP contribution in [0.4, 0.5) is 5.69 Å². The highest BCUT2D eigenvalue weighted by molar-refractivity contribution is 9.11. The summed E-state index contributed by atoms with van der Waals surface area (Å²) in [6, 6.07) is 27.8. The minimum atomic E-state index is -0.233. The topological polar surface area (TPSA) is 62.7 Å². The molecular weight excluding hydrogens is 546 g/mol. The van der Waals surface area contributed by atoms with E-state index in [1.54, 1.807) is 6.21 Å². The maximum atomic E-state index is 12.0. The van der Waals surface area contributed by atoms with E-state index >= 15 is 0 Å². The van der Waals surface area contributed by atoms with E-state index in [0.29, 0.717) is 12.4 Å². The zero-order valence-corrected chi connectivity index (χ0v) is 20.8. The van der Waals surface area contributed by atoms with Crippen molar-refractivity contribution >= 4 is 60.4 Å². The lowest BCUT2D eigenvalue weighted by Gasteiger charge is -2.13.